The molecule has 2 aliphatic heterocycles. The molecule has 9 heteroatoms. The number of hydrogen-bond acceptors (Lipinski definition) is 6. The second-order valence-corrected chi connectivity index (χ2v) is 9.93. The highest BCUT2D eigenvalue weighted by atomic mass is 16.5. The first kappa shape index (κ1) is 26.4. The Balaban J connectivity index is 1.35. The molecular weight excluding hydrogens is 492 g/mol. The predicted octanol–water partition coefficient (Wildman–Crippen LogP) is 4.54. The normalized spacial score (nSPS) is 15.5. The number of piperidine rings is 1. The average molecular weight is 527 g/mol. The van der Waals surface area contributed by atoms with Crippen molar-refractivity contribution in [3.8, 4) is 0 Å². The summed E-state index contributed by atoms with van der Waals surface area (Å²) >= 11 is 0. The van der Waals surface area contributed by atoms with E-state index in [1.165, 1.54) is 6.42 Å². The van der Waals surface area contributed by atoms with Crippen LogP contribution in [0.5, 0.6) is 0 Å². The van der Waals surface area contributed by atoms with E-state index < -0.39 is 0 Å². The van der Waals surface area contributed by atoms with Crippen LogP contribution in [0.15, 0.2) is 60.8 Å². The number of morpholine rings is 1. The van der Waals surface area contributed by atoms with E-state index in [0.29, 0.717) is 41.7 Å². The Morgan fingerprint density at radius 1 is 0.846 bits per heavy atom. The SMILES string of the molecule is Cc1ccc(NC(=O)c2cc(N3CCOCC3)ccc2NC(=O)c2ccc(C(=N)N3CCCCC3)cc2)nc1. The largest absolute Gasteiger partial charge is 0.378 e. The second-order valence-electron chi connectivity index (χ2n) is 9.93. The number of nitrogens with zero attached hydrogens (tertiary/aromatic N) is 3. The Labute approximate surface area is 228 Å². The van der Waals surface area contributed by atoms with Crippen molar-refractivity contribution in [1.82, 2.24) is 9.88 Å². The summed E-state index contributed by atoms with van der Waals surface area (Å²) in [7, 11) is 0. The first-order valence-corrected chi connectivity index (χ1v) is 13.4. The second kappa shape index (κ2) is 12.1. The van der Waals surface area contributed by atoms with Crippen LogP contribution in [0.3, 0.4) is 0 Å². The number of carbonyl (C=O) groups excluding carboxylic acids is 2. The molecular formula is C30H34N6O3. The molecule has 0 spiro atoms. The Hall–Kier alpha value is -4.24. The fraction of sp³-hybridized carbons (Fsp3) is 0.333. The molecule has 0 atom stereocenters. The number of hydrogen-bond donors (Lipinski definition) is 3. The van der Waals surface area contributed by atoms with Gasteiger partial charge in [-0.05, 0) is 68.1 Å². The summed E-state index contributed by atoms with van der Waals surface area (Å²) in [4.78, 5) is 35.1. The number of benzene rings is 2. The van der Waals surface area contributed by atoms with E-state index in [1.54, 1.807) is 36.5 Å². The van der Waals surface area contributed by atoms with Gasteiger partial charge in [0.2, 0.25) is 0 Å². The summed E-state index contributed by atoms with van der Waals surface area (Å²) in [5.74, 6) is 0.241. The molecule has 5 rings (SSSR count). The highest BCUT2D eigenvalue weighted by molar-refractivity contribution is 6.13. The van der Waals surface area contributed by atoms with Gasteiger partial charge >= 0.3 is 0 Å². The zero-order valence-corrected chi connectivity index (χ0v) is 22.2. The maximum absolute atomic E-state index is 13.4. The number of pyridine rings is 1. The summed E-state index contributed by atoms with van der Waals surface area (Å²) in [6.07, 6.45) is 5.10. The molecule has 3 heterocycles. The molecule has 3 N–H and O–H groups in total. The Kier molecular flexibility index (Phi) is 8.17. The van der Waals surface area contributed by atoms with Gasteiger partial charge < -0.3 is 25.2 Å². The standard InChI is InChI=1S/C30H34N6O3/c1-21-5-12-27(32-20-21)34-30(38)25-19-24(35-15-17-39-18-16-35)10-11-26(25)33-29(37)23-8-6-22(7-9-23)28(31)36-13-3-2-4-14-36/h5-12,19-20,31H,2-4,13-18H2,1H3,(H,33,37)(H,32,34,38). The molecule has 0 bridgehead atoms. The number of carbonyl (C=O) groups is 2. The van der Waals surface area contributed by atoms with Crippen LogP contribution in [-0.4, -0.2) is 66.9 Å². The van der Waals surface area contributed by atoms with Crippen LogP contribution >= 0.6 is 0 Å². The number of rotatable bonds is 6. The number of aromatic nitrogens is 1. The van der Waals surface area contributed by atoms with Gasteiger partial charge in [-0.3, -0.25) is 15.0 Å². The molecule has 0 aliphatic carbocycles. The average Bonchev–Trinajstić information content (AvgIpc) is 2.99. The van der Waals surface area contributed by atoms with Crippen LogP contribution in [0.2, 0.25) is 0 Å². The van der Waals surface area contributed by atoms with E-state index >= 15 is 0 Å². The lowest BCUT2D eigenvalue weighted by Gasteiger charge is -2.29. The third-order valence-corrected chi connectivity index (χ3v) is 7.12. The van der Waals surface area contributed by atoms with E-state index in [-0.39, 0.29) is 11.8 Å². The van der Waals surface area contributed by atoms with E-state index in [9.17, 15) is 9.59 Å². The summed E-state index contributed by atoms with van der Waals surface area (Å²) in [5, 5.41) is 14.3. The van der Waals surface area contributed by atoms with E-state index in [1.807, 2.05) is 31.2 Å². The molecule has 2 saturated heterocycles. The fourth-order valence-electron chi connectivity index (χ4n) is 4.85. The van der Waals surface area contributed by atoms with E-state index in [2.05, 4.69) is 25.4 Å². The Morgan fingerprint density at radius 2 is 1.56 bits per heavy atom. The third kappa shape index (κ3) is 6.43. The van der Waals surface area contributed by atoms with Gasteiger partial charge in [-0.2, -0.15) is 0 Å². The fourth-order valence-corrected chi connectivity index (χ4v) is 4.85. The minimum absolute atomic E-state index is 0.326. The van der Waals surface area contributed by atoms with E-state index in [4.69, 9.17) is 10.1 Å². The molecule has 0 radical (unpaired) electrons. The van der Waals surface area contributed by atoms with Crippen molar-refractivity contribution in [3.63, 3.8) is 0 Å². The molecule has 3 aromatic rings. The summed E-state index contributed by atoms with van der Waals surface area (Å²) in [6.45, 7) is 6.42. The van der Waals surface area contributed by atoms with Crippen LogP contribution in [-0.2, 0) is 4.74 Å². The van der Waals surface area contributed by atoms with Crippen molar-refractivity contribution in [3.05, 3.63) is 83.0 Å². The van der Waals surface area contributed by atoms with Gasteiger partial charge in [-0.25, -0.2) is 4.98 Å². The van der Waals surface area contributed by atoms with Gasteiger partial charge in [0.05, 0.1) is 24.5 Å². The summed E-state index contributed by atoms with van der Waals surface area (Å²) in [5.41, 5.74) is 3.87. The number of anilines is 3. The molecule has 9 nitrogen and oxygen atoms in total. The van der Waals surface area contributed by atoms with Crippen molar-refractivity contribution < 1.29 is 14.3 Å². The lowest BCUT2D eigenvalue weighted by Crippen LogP contribution is -2.36. The number of amides is 2. The highest BCUT2D eigenvalue weighted by Gasteiger charge is 2.20. The number of amidine groups is 1. The van der Waals surface area contributed by atoms with Crippen molar-refractivity contribution in [1.29, 1.82) is 5.41 Å². The minimum atomic E-state index is -0.359. The molecule has 202 valence electrons. The molecule has 0 unspecified atom stereocenters. The van der Waals surface area contributed by atoms with Crippen LogP contribution in [0.1, 0.15) is 51.1 Å². The monoisotopic (exact) mass is 526 g/mol. The van der Waals surface area contributed by atoms with Crippen LogP contribution in [0, 0.1) is 12.3 Å². The van der Waals surface area contributed by atoms with Gasteiger partial charge in [0.25, 0.3) is 11.8 Å². The smallest absolute Gasteiger partial charge is 0.259 e. The lowest BCUT2D eigenvalue weighted by atomic mass is 10.1. The minimum Gasteiger partial charge on any atom is -0.378 e. The van der Waals surface area contributed by atoms with Crippen LogP contribution < -0.4 is 15.5 Å². The predicted molar refractivity (Wildman–Crippen MR) is 153 cm³/mol. The topological polar surface area (TPSA) is 111 Å². The van der Waals surface area contributed by atoms with E-state index in [0.717, 1.165) is 55.8 Å². The lowest BCUT2D eigenvalue weighted by molar-refractivity contribution is 0.102. The van der Waals surface area contributed by atoms with Crippen LogP contribution in [0.25, 0.3) is 0 Å². The van der Waals surface area contributed by atoms with Crippen molar-refractivity contribution in [2.75, 3.05) is 54.9 Å². The zero-order valence-electron chi connectivity index (χ0n) is 22.2. The summed E-state index contributed by atoms with van der Waals surface area (Å²) in [6, 6.07) is 16.2. The molecule has 2 aliphatic rings. The van der Waals surface area contributed by atoms with Gasteiger partial charge in [0.15, 0.2) is 0 Å². The summed E-state index contributed by atoms with van der Waals surface area (Å²) < 4.78 is 5.47. The number of aryl methyl sites for hydroxylation is 1. The first-order chi connectivity index (χ1) is 19.0. The maximum Gasteiger partial charge on any atom is 0.259 e. The number of likely N-dealkylation sites (tertiary alicyclic amines) is 1. The van der Waals surface area contributed by atoms with Crippen molar-refractivity contribution in [2.24, 2.45) is 0 Å². The van der Waals surface area contributed by atoms with Crippen molar-refractivity contribution >= 4 is 34.8 Å². The molecule has 2 fully saturated rings. The Morgan fingerprint density at radius 3 is 2.26 bits per heavy atom. The zero-order chi connectivity index (χ0) is 27.2. The molecule has 1 aromatic heterocycles. The number of nitrogens with one attached hydrogen (secondary N) is 3. The third-order valence-electron chi connectivity index (χ3n) is 7.12. The van der Waals surface area contributed by atoms with Crippen LogP contribution in [0.4, 0.5) is 17.2 Å². The van der Waals surface area contributed by atoms with Crippen molar-refractivity contribution in [2.45, 2.75) is 26.2 Å². The molecule has 0 saturated carbocycles. The first-order valence-electron chi connectivity index (χ1n) is 13.4. The van der Waals surface area contributed by atoms with Gasteiger partial charge in [-0.15, -0.1) is 0 Å². The van der Waals surface area contributed by atoms with Gasteiger partial charge in [-0.1, -0.05) is 18.2 Å². The van der Waals surface area contributed by atoms with Gasteiger partial charge in [0, 0.05) is 49.2 Å². The molecule has 2 amide bonds. The Bertz CT molecular complexity index is 1330. The maximum atomic E-state index is 13.4. The van der Waals surface area contributed by atoms with Gasteiger partial charge in [0.1, 0.15) is 11.7 Å². The highest BCUT2D eigenvalue weighted by Crippen LogP contribution is 2.26. The quantitative estimate of drug-likeness (QED) is 0.321. The molecule has 2 aromatic carbocycles. The number of ether oxygens (including phenoxy) is 1. The molecule has 39 heavy (non-hydrogen) atoms.